The number of fused-ring (bicyclic) bond motifs is 1. The van der Waals surface area contributed by atoms with Gasteiger partial charge < -0.3 is 10.2 Å². The SMILES string of the molecule is CCCN(CCC)CCNc1cc(-c2c(-c3ccc(C(F)(F)F)cc3)nn3cc(C(F)(F)F)ccc23)ccn1. The molecule has 1 aromatic carbocycles. The van der Waals surface area contributed by atoms with Crippen molar-refractivity contribution in [3.8, 4) is 22.4 Å². The van der Waals surface area contributed by atoms with Gasteiger partial charge in [0.05, 0.1) is 16.6 Å². The zero-order chi connectivity index (χ0) is 28.2. The first kappa shape index (κ1) is 28.4. The highest BCUT2D eigenvalue weighted by molar-refractivity contribution is 5.92. The normalized spacial score (nSPS) is 12.4. The summed E-state index contributed by atoms with van der Waals surface area (Å²) in [4.78, 5) is 6.73. The Bertz CT molecular complexity index is 1390. The van der Waals surface area contributed by atoms with Crippen LogP contribution in [0.5, 0.6) is 0 Å². The van der Waals surface area contributed by atoms with Crippen LogP contribution in [0.2, 0.25) is 0 Å². The van der Waals surface area contributed by atoms with E-state index in [-0.39, 0.29) is 5.69 Å². The highest BCUT2D eigenvalue weighted by Crippen LogP contribution is 2.39. The van der Waals surface area contributed by atoms with Crippen LogP contribution in [0.3, 0.4) is 0 Å². The average Bonchev–Trinajstić information content (AvgIpc) is 3.27. The zero-order valence-electron chi connectivity index (χ0n) is 21.6. The van der Waals surface area contributed by atoms with Gasteiger partial charge in [0.25, 0.3) is 0 Å². The molecule has 0 aliphatic heterocycles. The van der Waals surface area contributed by atoms with Gasteiger partial charge in [-0.1, -0.05) is 26.0 Å². The molecule has 5 nitrogen and oxygen atoms in total. The van der Waals surface area contributed by atoms with E-state index in [0.717, 1.165) is 61.4 Å². The number of hydrogen-bond acceptors (Lipinski definition) is 4. The summed E-state index contributed by atoms with van der Waals surface area (Å²) in [5.41, 5.74) is 0.389. The number of nitrogens with zero attached hydrogens (tertiary/aromatic N) is 4. The predicted octanol–water partition coefficient (Wildman–Crippen LogP) is 7.63. The molecule has 4 aromatic rings. The van der Waals surface area contributed by atoms with Crippen LogP contribution < -0.4 is 5.32 Å². The van der Waals surface area contributed by atoms with E-state index in [1.165, 1.54) is 18.2 Å². The minimum atomic E-state index is -4.58. The van der Waals surface area contributed by atoms with Crippen LogP contribution in [0.4, 0.5) is 32.2 Å². The molecule has 4 rings (SSSR count). The smallest absolute Gasteiger partial charge is 0.369 e. The zero-order valence-corrected chi connectivity index (χ0v) is 21.6. The van der Waals surface area contributed by atoms with E-state index < -0.39 is 23.5 Å². The second kappa shape index (κ2) is 11.6. The van der Waals surface area contributed by atoms with Crippen LogP contribution >= 0.6 is 0 Å². The fourth-order valence-corrected chi connectivity index (χ4v) is 4.51. The molecule has 208 valence electrons. The fourth-order valence-electron chi connectivity index (χ4n) is 4.51. The summed E-state index contributed by atoms with van der Waals surface area (Å²) >= 11 is 0. The van der Waals surface area contributed by atoms with Crippen molar-refractivity contribution in [1.29, 1.82) is 0 Å². The first-order valence-electron chi connectivity index (χ1n) is 12.7. The fraction of sp³-hybridized carbons (Fsp3) is 0.357. The van der Waals surface area contributed by atoms with Crippen LogP contribution in [-0.4, -0.2) is 45.7 Å². The molecule has 39 heavy (non-hydrogen) atoms. The Labute approximate surface area is 222 Å². The molecule has 0 atom stereocenters. The third kappa shape index (κ3) is 6.70. The molecule has 0 fully saturated rings. The molecule has 11 heteroatoms. The molecule has 0 saturated heterocycles. The van der Waals surface area contributed by atoms with E-state index in [1.807, 2.05) is 0 Å². The molecule has 0 amide bonds. The van der Waals surface area contributed by atoms with E-state index in [1.54, 1.807) is 18.3 Å². The second-order valence-corrected chi connectivity index (χ2v) is 9.24. The Morgan fingerprint density at radius 2 is 1.44 bits per heavy atom. The lowest BCUT2D eigenvalue weighted by Gasteiger charge is -2.21. The third-order valence-electron chi connectivity index (χ3n) is 6.31. The molecule has 3 heterocycles. The summed E-state index contributed by atoms with van der Waals surface area (Å²) < 4.78 is 80.7. The lowest BCUT2D eigenvalue weighted by molar-refractivity contribution is -0.138. The molecule has 0 saturated carbocycles. The van der Waals surface area contributed by atoms with Gasteiger partial charge >= 0.3 is 12.4 Å². The van der Waals surface area contributed by atoms with Crippen LogP contribution in [0.1, 0.15) is 37.8 Å². The third-order valence-corrected chi connectivity index (χ3v) is 6.31. The van der Waals surface area contributed by atoms with E-state index >= 15 is 0 Å². The largest absolute Gasteiger partial charge is 0.417 e. The molecular formula is C28H29F6N5. The van der Waals surface area contributed by atoms with Crippen LogP contribution in [-0.2, 0) is 12.4 Å². The maximum Gasteiger partial charge on any atom is 0.417 e. The molecule has 0 radical (unpaired) electrons. The predicted molar refractivity (Wildman–Crippen MR) is 139 cm³/mol. The van der Waals surface area contributed by atoms with E-state index in [4.69, 9.17) is 0 Å². The number of aromatic nitrogens is 3. The standard InChI is InChI=1S/C28H29F6N5/c1-3-14-38(15-4-2)16-13-36-24-17-20(11-12-35-24)25-23-10-9-22(28(32,33)34)18-39(23)37-26(25)19-5-7-21(8-6-19)27(29,30)31/h5-12,17-18H,3-4,13-16H2,1-2H3,(H,35,36). The number of hydrogen-bond donors (Lipinski definition) is 1. The molecule has 0 spiro atoms. The van der Waals surface area contributed by atoms with Crippen molar-refractivity contribution in [3.63, 3.8) is 0 Å². The Balaban J connectivity index is 1.73. The van der Waals surface area contributed by atoms with E-state index in [2.05, 4.69) is 34.1 Å². The Morgan fingerprint density at radius 3 is 2.05 bits per heavy atom. The van der Waals surface area contributed by atoms with Crippen LogP contribution in [0, 0.1) is 0 Å². The summed E-state index contributed by atoms with van der Waals surface area (Å²) in [5.74, 6) is 0.574. The molecule has 0 bridgehead atoms. The Hall–Kier alpha value is -3.60. The Morgan fingerprint density at radius 1 is 0.795 bits per heavy atom. The van der Waals surface area contributed by atoms with Gasteiger partial charge in [0, 0.05) is 36.6 Å². The number of nitrogens with one attached hydrogen (secondary N) is 1. The number of anilines is 1. The molecule has 1 N–H and O–H groups in total. The first-order valence-corrected chi connectivity index (χ1v) is 12.7. The van der Waals surface area contributed by atoms with Crippen molar-refractivity contribution in [2.24, 2.45) is 0 Å². The highest BCUT2D eigenvalue weighted by atomic mass is 19.4. The molecule has 0 unspecified atom stereocenters. The van der Waals surface area contributed by atoms with E-state index in [9.17, 15) is 26.3 Å². The van der Waals surface area contributed by atoms with Gasteiger partial charge in [-0.25, -0.2) is 9.50 Å². The minimum absolute atomic E-state index is 0.261. The number of rotatable bonds is 10. The molecule has 0 aliphatic rings. The summed E-state index contributed by atoms with van der Waals surface area (Å²) in [6, 6.07) is 10.2. The summed E-state index contributed by atoms with van der Waals surface area (Å²) in [6.45, 7) is 7.70. The van der Waals surface area contributed by atoms with E-state index in [0.29, 0.717) is 34.6 Å². The van der Waals surface area contributed by atoms with Gasteiger partial charge in [-0.2, -0.15) is 31.4 Å². The van der Waals surface area contributed by atoms with Crippen molar-refractivity contribution in [3.05, 3.63) is 72.1 Å². The Kier molecular flexibility index (Phi) is 8.48. The maximum absolute atomic E-state index is 13.4. The first-order chi connectivity index (χ1) is 18.5. The summed E-state index contributed by atoms with van der Waals surface area (Å²) in [5, 5.41) is 7.67. The monoisotopic (exact) mass is 549 g/mol. The van der Waals surface area contributed by atoms with Crippen molar-refractivity contribution in [1.82, 2.24) is 19.5 Å². The van der Waals surface area contributed by atoms with Gasteiger partial charge in [0.2, 0.25) is 0 Å². The quantitative estimate of drug-likeness (QED) is 0.207. The van der Waals surface area contributed by atoms with Gasteiger partial charge in [-0.15, -0.1) is 0 Å². The van der Waals surface area contributed by atoms with Gasteiger partial charge in [0.15, 0.2) is 0 Å². The highest BCUT2D eigenvalue weighted by Gasteiger charge is 2.32. The molecule has 3 aromatic heterocycles. The van der Waals surface area contributed by atoms with Crippen LogP contribution in [0.25, 0.3) is 27.9 Å². The second-order valence-electron chi connectivity index (χ2n) is 9.24. The summed E-state index contributed by atoms with van der Waals surface area (Å²) in [7, 11) is 0. The van der Waals surface area contributed by atoms with Gasteiger partial charge in [-0.3, -0.25) is 0 Å². The lowest BCUT2D eigenvalue weighted by Crippen LogP contribution is -2.30. The van der Waals surface area contributed by atoms with Crippen molar-refractivity contribution >= 4 is 11.3 Å². The van der Waals surface area contributed by atoms with Gasteiger partial charge in [-0.05, 0) is 67.9 Å². The van der Waals surface area contributed by atoms with Crippen LogP contribution in [0.15, 0.2) is 60.9 Å². The average molecular weight is 550 g/mol. The number of benzene rings is 1. The maximum atomic E-state index is 13.4. The molecule has 0 aliphatic carbocycles. The number of halogens is 6. The van der Waals surface area contributed by atoms with Crippen molar-refractivity contribution in [2.75, 3.05) is 31.5 Å². The van der Waals surface area contributed by atoms with Crippen molar-refractivity contribution < 1.29 is 26.3 Å². The van der Waals surface area contributed by atoms with Gasteiger partial charge in [0.1, 0.15) is 11.5 Å². The van der Waals surface area contributed by atoms with Crippen molar-refractivity contribution in [2.45, 2.75) is 39.0 Å². The minimum Gasteiger partial charge on any atom is -0.369 e. The number of pyridine rings is 2. The lowest BCUT2D eigenvalue weighted by atomic mass is 9.99. The topological polar surface area (TPSA) is 45.5 Å². The number of alkyl halides is 6. The summed E-state index contributed by atoms with van der Waals surface area (Å²) in [6.07, 6.45) is -4.54. The molecular weight excluding hydrogens is 520 g/mol.